The third kappa shape index (κ3) is 5.06. The van der Waals surface area contributed by atoms with E-state index in [1.165, 1.54) is 16.1 Å². The number of carbonyl (C=O) groups excluding carboxylic acids is 1. The first-order chi connectivity index (χ1) is 14.7. The van der Waals surface area contributed by atoms with Crippen LogP contribution in [0.25, 0.3) is 0 Å². The van der Waals surface area contributed by atoms with Crippen molar-refractivity contribution in [3.05, 3.63) is 82.0 Å². The van der Waals surface area contributed by atoms with Crippen molar-refractivity contribution in [2.24, 2.45) is 0 Å². The van der Waals surface area contributed by atoms with Crippen LogP contribution in [0.1, 0.15) is 20.8 Å². The maximum Gasteiger partial charge on any atom is 0.255 e. The fourth-order valence-electron chi connectivity index (χ4n) is 3.60. The normalized spacial score (nSPS) is 14.0. The Morgan fingerprint density at radius 1 is 1.07 bits per heavy atom. The van der Waals surface area contributed by atoms with E-state index in [-0.39, 0.29) is 5.91 Å². The summed E-state index contributed by atoms with van der Waals surface area (Å²) in [4.78, 5) is 19.8. The zero-order chi connectivity index (χ0) is 20.8. The highest BCUT2D eigenvalue weighted by Crippen LogP contribution is 2.29. The highest BCUT2D eigenvalue weighted by molar-refractivity contribution is 7.98. The number of amides is 1. The van der Waals surface area contributed by atoms with Crippen molar-refractivity contribution >= 4 is 34.7 Å². The summed E-state index contributed by atoms with van der Waals surface area (Å²) in [5, 5.41) is 2.09. The summed E-state index contributed by atoms with van der Waals surface area (Å²) in [5.74, 6) is 0.937. The number of benzene rings is 2. The van der Waals surface area contributed by atoms with Gasteiger partial charge in [-0.15, -0.1) is 23.1 Å². The molecule has 0 unspecified atom stereocenters. The molecule has 0 aliphatic carbocycles. The van der Waals surface area contributed by atoms with Gasteiger partial charge in [-0.3, -0.25) is 4.79 Å². The van der Waals surface area contributed by atoms with E-state index in [1.807, 2.05) is 42.3 Å². The number of morpholine rings is 1. The summed E-state index contributed by atoms with van der Waals surface area (Å²) in [6, 6.07) is 20.5. The number of ether oxygens (including phenoxy) is 1. The number of anilines is 1. The van der Waals surface area contributed by atoms with Crippen LogP contribution in [0.2, 0.25) is 0 Å². The van der Waals surface area contributed by atoms with Gasteiger partial charge >= 0.3 is 0 Å². The molecule has 0 spiro atoms. The zero-order valence-electron chi connectivity index (χ0n) is 17.1. The molecule has 156 valence electrons. The summed E-state index contributed by atoms with van der Waals surface area (Å²) in [7, 11) is 1.89. The quantitative estimate of drug-likeness (QED) is 0.478. The fraction of sp³-hybridized carbons (Fsp3) is 0.292. The lowest BCUT2D eigenvalue weighted by Gasteiger charge is -2.31. The first kappa shape index (κ1) is 21.0. The van der Waals surface area contributed by atoms with Crippen LogP contribution in [0.4, 0.5) is 5.69 Å². The minimum Gasteiger partial charge on any atom is -0.378 e. The predicted octanol–water partition coefficient (Wildman–Crippen LogP) is 5.15. The largest absolute Gasteiger partial charge is 0.378 e. The molecule has 2 aromatic carbocycles. The van der Waals surface area contributed by atoms with Crippen LogP contribution in [0, 0.1) is 0 Å². The number of para-hydroxylation sites is 1. The van der Waals surface area contributed by atoms with Gasteiger partial charge in [0.05, 0.1) is 18.8 Å². The van der Waals surface area contributed by atoms with Gasteiger partial charge in [0.2, 0.25) is 0 Å². The average molecular weight is 439 g/mol. The van der Waals surface area contributed by atoms with Crippen molar-refractivity contribution in [2.75, 3.05) is 38.3 Å². The molecule has 2 heterocycles. The van der Waals surface area contributed by atoms with Gasteiger partial charge in [-0.1, -0.05) is 36.4 Å². The van der Waals surface area contributed by atoms with Gasteiger partial charge in [-0.2, -0.15) is 0 Å². The average Bonchev–Trinajstić information content (AvgIpc) is 3.32. The molecule has 3 aromatic rings. The SMILES string of the molecule is CN(Cc1ccccc1N1CCOCC1)C(=O)c1ccccc1SCc1cccs1. The van der Waals surface area contributed by atoms with Crippen LogP contribution in [-0.4, -0.2) is 44.2 Å². The topological polar surface area (TPSA) is 32.8 Å². The molecule has 1 fully saturated rings. The summed E-state index contributed by atoms with van der Waals surface area (Å²) >= 11 is 3.47. The van der Waals surface area contributed by atoms with Crippen molar-refractivity contribution in [2.45, 2.75) is 17.2 Å². The third-order valence-corrected chi connectivity index (χ3v) is 7.35. The van der Waals surface area contributed by atoms with E-state index >= 15 is 0 Å². The lowest BCUT2D eigenvalue weighted by Crippen LogP contribution is -2.37. The predicted molar refractivity (Wildman–Crippen MR) is 126 cm³/mol. The van der Waals surface area contributed by atoms with Crippen molar-refractivity contribution in [1.29, 1.82) is 0 Å². The molecule has 4 rings (SSSR count). The van der Waals surface area contributed by atoms with Crippen LogP contribution in [0.15, 0.2) is 70.9 Å². The summed E-state index contributed by atoms with van der Waals surface area (Å²) in [6.07, 6.45) is 0. The highest BCUT2D eigenvalue weighted by Gasteiger charge is 2.19. The minimum atomic E-state index is 0.0565. The first-order valence-corrected chi connectivity index (χ1v) is 12.0. The lowest BCUT2D eigenvalue weighted by atomic mass is 10.1. The van der Waals surface area contributed by atoms with E-state index in [1.54, 1.807) is 23.1 Å². The smallest absolute Gasteiger partial charge is 0.255 e. The fourth-order valence-corrected chi connectivity index (χ4v) is 5.42. The molecule has 0 radical (unpaired) electrons. The van der Waals surface area contributed by atoms with Gasteiger partial charge in [0.25, 0.3) is 5.91 Å². The van der Waals surface area contributed by atoms with Crippen molar-refractivity contribution in [3.8, 4) is 0 Å². The van der Waals surface area contributed by atoms with Gasteiger partial charge in [-0.25, -0.2) is 0 Å². The van der Waals surface area contributed by atoms with Gasteiger partial charge in [0.1, 0.15) is 0 Å². The molecule has 0 bridgehead atoms. The van der Waals surface area contributed by atoms with E-state index in [9.17, 15) is 4.79 Å². The maximum absolute atomic E-state index is 13.3. The Morgan fingerprint density at radius 2 is 1.83 bits per heavy atom. The third-order valence-electron chi connectivity index (χ3n) is 5.17. The van der Waals surface area contributed by atoms with E-state index in [0.29, 0.717) is 6.54 Å². The Labute approximate surface area is 186 Å². The Morgan fingerprint density at radius 3 is 2.63 bits per heavy atom. The standard InChI is InChI=1S/C24H26N2O2S2/c1-25(17-19-7-2-4-10-22(19)26-12-14-28-15-13-26)24(27)21-9-3-5-11-23(21)30-18-20-8-6-16-29-20/h2-11,16H,12-15,17-18H2,1H3. The zero-order valence-corrected chi connectivity index (χ0v) is 18.8. The van der Waals surface area contributed by atoms with E-state index in [0.717, 1.165) is 42.5 Å². The van der Waals surface area contributed by atoms with Crippen molar-refractivity contribution < 1.29 is 9.53 Å². The molecule has 1 saturated heterocycles. The van der Waals surface area contributed by atoms with Crippen molar-refractivity contribution in [1.82, 2.24) is 4.90 Å². The second-order valence-corrected chi connectivity index (χ2v) is 9.30. The molecule has 1 aromatic heterocycles. The Kier molecular flexibility index (Phi) is 7.10. The molecule has 4 nitrogen and oxygen atoms in total. The molecule has 6 heteroatoms. The molecular formula is C24H26N2O2S2. The van der Waals surface area contributed by atoms with Crippen LogP contribution in [-0.2, 0) is 17.0 Å². The van der Waals surface area contributed by atoms with Gasteiger partial charge in [-0.05, 0) is 35.2 Å². The monoisotopic (exact) mass is 438 g/mol. The molecule has 1 aliphatic rings. The maximum atomic E-state index is 13.3. The van der Waals surface area contributed by atoms with Crippen LogP contribution >= 0.6 is 23.1 Å². The van der Waals surface area contributed by atoms with E-state index < -0.39 is 0 Å². The highest BCUT2D eigenvalue weighted by atomic mass is 32.2. The van der Waals surface area contributed by atoms with Crippen LogP contribution in [0.3, 0.4) is 0 Å². The van der Waals surface area contributed by atoms with E-state index in [2.05, 4.69) is 40.6 Å². The second-order valence-electron chi connectivity index (χ2n) is 7.25. The number of hydrogen-bond acceptors (Lipinski definition) is 5. The Bertz CT molecular complexity index is 969. The van der Waals surface area contributed by atoms with Crippen LogP contribution < -0.4 is 4.90 Å². The molecule has 0 N–H and O–H groups in total. The number of nitrogens with zero attached hydrogens (tertiary/aromatic N) is 2. The molecule has 1 aliphatic heterocycles. The minimum absolute atomic E-state index is 0.0565. The van der Waals surface area contributed by atoms with Gasteiger partial charge < -0.3 is 14.5 Å². The first-order valence-electron chi connectivity index (χ1n) is 10.1. The van der Waals surface area contributed by atoms with Crippen LogP contribution in [0.5, 0.6) is 0 Å². The van der Waals surface area contributed by atoms with Gasteiger partial charge in [0, 0.05) is 47.9 Å². The second kappa shape index (κ2) is 10.2. The lowest BCUT2D eigenvalue weighted by molar-refractivity contribution is 0.0781. The Hall–Kier alpha value is -2.28. The molecule has 1 amide bonds. The molecule has 0 saturated carbocycles. The summed E-state index contributed by atoms with van der Waals surface area (Å²) < 4.78 is 5.49. The summed E-state index contributed by atoms with van der Waals surface area (Å²) in [6.45, 7) is 3.85. The number of rotatable bonds is 7. The number of hydrogen-bond donors (Lipinski definition) is 0. The summed E-state index contributed by atoms with van der Waals surface area (Å²) in [5.41, 5.74) is 3.13. The van der Waals surface area contributed by atoms with Gasteiger partial charge in [0.15, 0.2) is 0 Å². The Balaban J connectivity index is 1.48. The number of carbonyl (C=O) groups is 1. The number of thioether (sulfide) groups is 1. The van der Waals surface area contributed by atoms with Crippen molar-refractivity contribution in [3.63, 3.8) is 0 Å². The number of thiophene rings is 1. The molecular weight excluding hydrogens is 412 g/mol. The molecule has 30 heavy (non-hydrogen) atoms. The molecule has 0 atom stereocenters. The van der Waals surface area contributed by atoms with E-state index in [4.69, 9.17) is 4.74 Å².